The molecule has 0 aliphatic rings. The number of H-pyrrole nitrogens is 1. The first-order valence-corrected chi connectivity index (χ1v) is 10.1. The Labute approximate surface area is 178 Å². The normalized spacial score (nSPS) is 10.9. The van der Waals surface area contributed by atoms with Crippen LogP contribution in [0.25, 0.3) is 16.2 Å². The van der Waals surface area contributed by atoms with E-state index >= 15 is 0 Å². The highest BCUT2D eigenvalue weighted by Gasteiger charge is 2.14. The van der Waals surface area contributed by atoms with Crippen LogP contribution in [0.2, 0.25) is 0 Å². The monoisotopic (exact) mass is 439 g/mol. The summed E-state index contributed by atoms with van der Waals surface area (Å²) in [6.45, 7) is 1.55. The number of carbonyl (C=O) groups is 2. The van der Waals surface area contributed by atoms with Gasteiger partial charge < -0.3 is 9.88 Å². The van der Waals surface area contributed by atoms with Gasteiger partial charge in [0.2, 0.25) is 22.7 Å². The quantitative estimate of drug-likeness (QED) is 0.413. The summed E-state index contributed by atoms with van der Waals surface area (Å²) in [4.78, 5) is 53.2. The van der Waals surface area contributed by atoms with Crippen LogP contribution in [0.3, 0.4) is 0 Å². The number of benzene rings is 1. The average Bonchev–Trinajstić information content (AvgIpc) is 3.28. The predicted octanol–water partition coefficient (Wildman–Crippen LogP) is 1.29. The molecule has 0 unspecified atom stereocenters. The van der Waals surface area contributed by atoms with Crippen LogP contribution < -0.4 is 21.9 Å². The number of hydrogen-bond acceptors (Lipinski definition) is 7. The van der Waals surface area contributed by atoms with Gasteiger partial charge in [-0.25, -0.2) is 9.31 Å². The first-order chi connectivity index (χ1) is 14.9. The number of aryl methyl sites for hydroxylation is 1. The fourth-order valence-corrected chi connectivity index (χ4v) is 3.72. The van der Waals surface area contributed by atoms with Gasteiger partial charge in [-0.15, -0.1) is 16.4 Å². The van der Waals surface area contributed by atoms with E-state index in [1.165, 1.54) is 35.1 Å². The molecule has 0 radical (unpaired) electrons. The zero-order valence-electron chi connectivity index (χ0n) is 16.3. The number of nitrogens with one attached hydrogen (secondary N) is 3. The van der Waals surface area contributed by atoms with Gasteiger partial charge in [-0.3, -0.25) is 24.7 Å². The smallest absolute Gasteiger partial charge is 0.326 e. The second-order valence-corrected chi connectivity index (χ2v) is 7.45. The van der Waals surface area contributed by atoms with Crippen molar-refractivity contribution in [3.05, 3.63) is 62.7 Å². The Morgan fingerprint density at radius 3 is 2.61 bits per heavy atom. The highest BCUT2D eigenvalue weighted by molar-refractivity contribution is 7.15. The van der Waals surface area contributed by atoms with Crippen LogP contribution in [0.4, 0.5) is 11.6 Å². The minimum Gasteiger partial charge on any atom is -0.326 e. The van der Waals surface area contributed by atoms with Crippen LogP contribution in [0.5, 0.6) is 0 Å². The highest BCUT2D eigenvalue weighted by Crippen LogP contribution is 2.27. The fourth-order valence-electron chi connectivity index (χ4n) is 2.89. The molecule has 11 nitrogen and oxygen atoms in total. The minimum absolute atomic E-state index is 0.0102. The Balaban J connectivity index is 1.45. The lowest BCUT2D eigenvalue weighted by atomic mass is 10.1. The number of amides is 2. The van der Waals surface area contributed by atoms with E-state index in [0.29, 0.717) is 10.6 Å². The number of anilines is 2. The largest absolute Gasteiger partial charge is 0.328 e. The lowest BCUT2D eigenvalue weighted by molar-refractivity contribution is -0.116. The molecule has 0 fully saturated rings. The summed E-state index contributed by atoms with van der Waals surface area (Å²) < 4.78 is 2.86. The van der Waals surface area contributed by atoms with E-state index in [2.05, 4.69) is 25.7 Å². The van der Waals surface area contributed by atoms with E-state index < -0.39 is 11.2 Å². The van der Waals surface area contributed by atoms with Crippen molar-refractivity contribution in [1.82, 2.24) is 24.1 Å². The van der Waals surface area contributed by atoms with Gasteiger partial charge in [-0.05, 0) is 12.1 Å². The van der Waals surface area contributed by atoms with Gasteiger partial charge in [-0.2, -0.15) is 4.98 Å². The molecule has 0 aliphatic heterocycles. The molecule has 2 amide bonds. The first kappa shape index (κ1) is 20.2. The lowest BCUT2D eigenvalue weighted by Gasteiger charge is -2.04. The van der Waals surface area contributed by atoms with Crippen LogP contribution in [0.15, 0.2) is 51.5 Å². The van der Waals surface area contributed by atoms with E-state index in [1.807, 2.05) is 17.5 Å². The number of aromatic amines is 1. The summed E-state index contributed by atoms with van der Waals surface area (Å²) >= 11 is 1.37. The van der Waals surface area contributed by atoms with Crippen LogP contribution in [0.1, 0.15) is 13.3 Å². The molecule has 12 heteroatoms. The van der Waals surface area contributed by atoms with E-state index in [4.69, 9.17) is 0 Å². The SMILES string of the molecule is CC(=O)Nc1ccc(-c2csc3nc(NC(=O)CCn4ccc(=O)[nH]c4=O)nn23)cc1. The van der Waals surface area contributed by atoms with Gasteiger partial charge in [0.05, 0.1) is 5.69 Å². The molecule has 0 aliphatic carbocycles. The zero-order chi connectivity index (χ0) is 22.0. The average molecular weight is 439 g/mol. The maximum atomic E-state index is 12.2. The van der Waals surface area contributed by atoms with Crippen molar-refractivity contribution >= 4 is 39.7 Å². The molecule has 0 bridgehead atoms. The van der Waals surface area contributed by atoms with Crippen molar-refractivity contribution in [2.75, 3.05) is 10.6 Å². The highest BCUT2D eigenvalue weighted by atomic mass is 32.1. The number of rotatable bonds is 6. The molecular formula is C19H17N7O4S. The van der Waals surface area contributed by atoms with Gasteiger partial charge in [0.25, 0.3) is 5.56 Å². The van der Waals surface area contributed by atoms with Crippen LogP contribution in [-0.4, -0.2) is 36.0 Å². The number of hydrogen-bond donors (Lipinski definition) is 3. The van der Waals surface area contributed by atoms with Crippen molar-refractivity contribution in [3.8, 4) is 11.3 Å². The maximum Gasteiger partial charge on any atom is 0.328 e. The molecule has 4 rings (SSSR count). The Hall–Kier alpha value is -4.06. The van der Waals surface area contributed by atoms with E-state index in [9.17, 15) is 19.2 Å². The Morgan fingerprint density at radius 1 is 1.13 bits per heavy atom. The number of thiazole rings is 1. The maximum absolute atomic E-state index is 12.2. The van der Waals surface area contributed by atoms with Gasteiger partial charge in [0.1, 0.15) is 0 Å². The zero-order valence-corrected chi connectivity index (χ0v) is 17.1. The summed E-state index contributed by atoms with van der Waals surface area (Å²) in [5.41, 5.74) is 1.29. The lowest BCUT2D eigenvalue weighted by Crippen LogP contribution is -2.29. The molecule has 158 valence electrons. The Morgan fingerprint density at radius 2 is 1.90 bits per heavy atom. The van der Waals surface area contributed by atoms with Gasteiger partial charge in [0, 0.05) is 48.8 Å². The number of aromatic nitrogens is 5. The molecule has 1 aromatic carbocycles. The van der Waals surface area contributed by atoms with Crippen molar-refractivity contribution in [2.24, 2.45) is 0 Å². The van der Waals surface area contributed by atoms with E-state index in [-0.39, 0.29) is 30.7 Å². The van der Waals surface area contributed by atoms with E-state index in [0.717, 1.165) is 11.3 Å². The summed E-state index contributed by atoms with van der Waals surface area (Å²) in [7, 11) is 0. The molecule has 0 saturated carbocycles. The molecule has 3 N–H and O–H groups in total. The molecule has 0 spiro atoms. The second kappa shape index (κ2) is 8.36. The summed E-state index contributed by atoms with van der Waals surface area (Å²) in [5.74, 6) is -0.355. The Kier molecular flexibility index (Phi) is 5.45. The fraction of sp³-hybridized carbons (Fsp3) is 0.158. The molecule has 4 aromatic rings. The molecular weight excluding hydrogens is 422 g/mol. The standard InChI is InChI=1S/C19H17N7O4S/c1-11(27)20-13-4-2-12(3-5-13)14-10-31-19-23-17(24-26(14)19)21-15(28)6-8-25-9-7-16(29)22-18(25)30/h2-5,7,9-10H,6,8H2,1H3,(H,20,27)(H,21,24,28)(H,22,29,30). The molecule has 31 heavy (non-hydrogen) atoms. The van der Waals surface area contributed by atoms with Crippen molar-refractivity contribution < 1.29 is 9.59 Å². The number of nitrogens with zero attached hydrogens (tertiary/aromatic N) is 4. The topological polar surface area (TPSA) is 143 Å². The third-order valence-electron chi connectivity index (χ3n) is 4.31. The van der Waals surface area contributed by atoms with Crippen molar-refractivity contribution in [1.29, 1.82) is 0 Å². The molecule has 0 atom stereocenters. The van der Waals surface area contributed by atoms with Gasteiger partial charge >= 0.3 is 5.69 Å². The third-order valence-corrected chi connectivity index (χ3v) is 5.13. The molecule has 0 saturated heterocycles. The summed E-state index contributed by atoms with van der Waals surface area (Å²) in [6.07, 6.45) is 1.35. The second-order valence-electron chi connectivity index (χ2n) is 6.61. The van der Waals surface area contributed by atoms with Crippen LogP contribution in [-0.2, 0) is 16.1 Å². The van der Waals surface area contributed by atoms with E-state index in [1.54, 1.807) is 16.6 Å². The summed E-state index contributed by atoms with van der Waals surface area (Å²) in [6, 6.07) is 8.51. The first-order valence-electron chi connectivity index (χ1n) is 9.21. The number of carbonyl (C=O) groups excluding carboxylic acids is 2. The van der Waals surface area contributed by atoms with Crippen molar-refractivity contribution in [2.45, 2.75) is 19.9 Å². The number of fused-ring (bicyclic) bond motifs is 1. The molecule has 3 aromatic heterocycles. The van der Waals surface area contributed by atoms with Gasteiger partial charge in [-0.1, -0.05) is 12.1 Å². The van der Waals surface area contributed by atoms with Crippen molar-refractivity contribution in [3.63, 3.8) is 0 Å². The predicted molar refractivity (Wildman–Crippen MR) is 115 cm³/mol. The van der Waals surface area contributed by atoms with Crippen LogP contribution in [0, 0.1) is 0 Å². The molecule has 3 heterocycles. The summed E-state index contributed by atoms with van der Waals surface area (Å²) in [5, 5.41) is 11.6. The van der Waals surface area contributed by atoms with Gasteiger partial charge in [0.15, 0.2) is 0 Å². The Bertz CT molecular complexity index is 1380. The van der Waals surface area contributed by atoms with Crippen LogP contribution >= 0.6 is 11.3 Å². The third kappa shape index (κ3) is 4.59. The minimum atomic E-state index is -0.574.